The number of carbonyl (C=O) groups is 3. The Balaban J connectivity index is 6.55. The van der Waals surface area contributed by atoms with Crippen LogP contribution in [0.25, 0.3) is 0 Å². The summed E-state index contributed by atoms with van der Waals surface area (Å²) in [4.78, 5) is 37.8. The molecule has 7 heteroatoms. The lowest BCUT2D eigenvalue weighted by Gasteiger charge is -2.48. The largest absolute Gasteiger partial charge is 0.381 e. The molecule has 0 radical (unpaired) electrons. The van der Waals surface area contributed by atoms with E-state index in [1.54, 1.807) is 21.2 Å². The zero-order valence-electron chi connectivity index (χ0n) is 19.1. The summed E-state index contributed by atoms with van der Waals surface area (Å²) in [6, 6.07) is -0.438. The normalized spacial score (nSPS) is 18.1. The Morgan fingerprint density at radius 3 is 2.00 bits per heavy atom. The number of amides is 2. The molecule has 0 aromatic heterocycles. The summed E-state index contributed by atoms with van der Waals surface area (Å²) in [5, 5.41) is 8.87. The van der Waals surface area contributed by atoms with Crippen LogP contribution in [0.3, 0.4) is 0 Å². The van der Waals surface area contributed by atoms with Crippen molar-refractivity contribution in [1.82, 2.24) is 16.0 Å². The predicted molar refractivity (Wildman–Crippen MR) is 112 cm³/mol. The van der Waals surface area contributed by atoms with Gasteiger partial charge in [0.25, 0.3) is 0 Å². The fourth-order valence-electron chi connectivity index (χ4n) is 4.19. The van der Waals surface area contributed by atoms with E-state index >= 15 is 0 Å². The van der Waals surface area contributed by atoms with Crippen molar-refractivity contribution >= 4 is 18.1 Å². The highest BCUT2D eigenvalue weighted by Crippen LogP contribution is 2.38. The lowest BCUT2D eigenvalue weighted by molar-refractivity contribution is -0.146. The molecular weight excluding hydrogens is 358 g/mol. The summed E-state index contributed by atoms with van der Waals surface area (Å²) in [7, 11) is 4.85. The van der Waals surface area contributed by atoms with E-state index in [-0.39, 0.29) is 41.9 Å². The molecule has 28 heavy (non-hydrogen) atoms. The fourth-order valence-corrected chi connectivity index (χ4v) is 4.19. The number of carbonyl (C=O) groups excluding carboxylic acids is 3. The van der Waals surface area contributed by atoms with E-state index in [9.17, 15) is 14.4 Å². The highest BCUT2D eigenvalue weighted by Gasteiger charge is 2.54. The Hall–Kier alpha value is -1.47. The number of hydrogen-bond acceptors (Lipinski definition) is 5. The Labute approximate surface area is 170 Å². The van der Waals surface area contributed by atoms with Gasteiger partial charge in [0.15, 0.2) is 0 Å². The van der Waals surface area contributed by atoms with E-state index < -0.39 is 17.7 Å². The molecule has 0 aliphatic rings. The molecule has 0 aromatic carbocycles. The molecule has 0 saturated carbocycles. The minimum absolute atomic E-state index is 0.0389. The van der Waals surface area contributed by atoms with Crippen molar-refractivity contribution in [2.75, 3.05) is 21.2 Å². The Kier molecular flexibility index (Phi) is 11.5. The second-order valence-electron chi connectivity index (χ2n) is 8.19. The lowest BCUT2D eigenvalue weighted by Crippen LogP contribution is -2.71. The molecule has 7 nitrogen and oxygen atoms in total. The van der Waals surface area contributed by atoms with Crippen LogP contribution in [0.5, 0.6) is 0 Å². The van der Waals surface area contributed by atoms with Crippen LogP contribution >= 0.6 is 0 Å². The van der Waals surface area contributed by atoms with Gasteiger partial charge < -0.3 is 25.5 Å². The molecule has 0 aliphatic heterocycles. The van der Waals surface area contributed by atoms with Gasteiger partial charge in [-0.25, -0.2) is 0 Å². The van der Waals surface area contributed by atoms with E-state index in [1.165, 1.54) is 0 Å². The van der Waals surface area contributed by atoms with Gasteiger partial charge in [0.05, 0.1) is 12.1 Å². The topological polar surface area (TPSA) is 96.5 Å². The van der Waals surface area contributed by atoms with E-state index in [0.29, 0.717) is 0 Å². The van der Waals surface area contributed by atoms with E-state index in [4.69, 9.17) is 4.74 Å². The van der Waals surface area contributed by atoms with E-state index in [0.717, 1.165) is 12.7 Å². The first-order valence-electron chi connectivity index (χ1n) is 10.3. The number of methoxy groups -OCH3 is 1. The number of likely N-dealkylation sites (N-methyl/N-ethyl adjacent to an activating group) is 2. The van der Waals surface area contributed by atoms with Crippen LogP contribution in [0, 0.1) is 23.7 Å². The summed E-state index contributed by atoms with van der Waals surface area (Å²) in [6.07, 6.45) is 1.27. The van der Waals surface area contributed by atoms with Gasteiger partial charge in [-0.3, -0.25) is 9.59 Å². The third kappa shape index (κ3) is 5.77. The molecule has 0 fully saturated rings. The third-order valence-electron chi connectivity index (χ3n) is 5.92. The van der Waals surface area contributed by atoms with Gasteiger partial charge in [0.2, 0.25) is 11.8 Å². The van der Waals surface area contributed by atoms with Crippen LogP contribution in [-0.4, -0.2) is 57.0 Å². The molecule has 0 spiro atoms. The maximum Gasteiger partial charge on any atom is 0.246 e. The van der Waals surface area contributed by atoms with Gasteiger partial charge >= 0.3 is 0 Å². The van der Waals surface area contributed by atoms with Crippen molar-refractivity contribution in [2.24, 2.45) is 23.7 Å². The number of aldehydes is 1. The molecule has 164 valence electrons. The second-order valence-corrected chi connectivity index (χ2v) is 8.19. The van der Waals surface area contributed by atoms with Gasteiger partial charge in [-0.05, 0) is 24.8 Å². The molecule has 5 atom stereocenters. The van der Waals surface area contributed by atoms with Crippen molar-refractivity contribution in [1.29, 1.82) is 0 Å². The second kappa shape index (κ2) is 12.2. The Bertz CT molecular complexity index is 510. The molecule has 0 rings (SSSR count). The third-order valence-corrected chi connectivity index (χ3v) is 5.92. The SMILES string of the molecule is CCC(C)C(C(CC=O)OC)C(NC(=O)[C@@H](NC)C(C)C)(C(=O)NC)C(C)C. The zero-order valence-corrected chi connectivity index (χ0v) is 19.1. The highest BCUT2D eigenvalue weighted by atomic mass is 16.5. The van der Waals surface area contributed by atoms with Crippen LogP contribution in [-0.2, 0) is 19.1 Å². The molecule has 2 amide bonds. The molecule has 4 unspecified atom stereocenters. The number of rotatable bonds is 13. The number of ether oxygens (including phenoxy) is 1. The number of nitrogens with one attached hydrogen (secondary N) is 3. The summed E-state index contributed by atoms with van der Waals surface area (Å²) in [5.41, 5.74) is -1.21. The monoisotopic (exact) mass is 399 g/mol. The van der Waals surface area contributed by atoms with Gasteiger partial charge in [-0.1, -0.05) is 48.0 Å². The van der Waals surface area contributed by atoms with Gasteiger partial charge in [0, 0.05) is 26.5 Å². The minimum atomic E-state index is -1.21. The average molecular weight is 400 g/mol. The minimum Gasteiger partial charge on any atom is -0.381 e. The van der Waals surface area contributed by atoms with Crippen molar-refractivity contribution in [3.05, 3.63) is 0 Å². The Morgan fingerprint density at radius 1 is 1.11 bits per heavy atom. The van der Waals surface area contributed by atoms with Crippen molar-refractivity contribution in [3.8, 4) is 0 Å². The van der Waals surface area contributed by atoms with Crippen LogP contribution in [0.4, 0.5) is 0 Å². The molecule has 0 saturated heterocycles. The maximum absolute atomic E-state index is 13.3. The first-order valence-corrected chi connectivity index (χ1v) is 10.3. The molecule has 0 aromatic rings. The Morgan fingerprint density at radius 2 is 1.68 bits per heavy atom. The summed E-state index contributed by atoms with van der Waals surface area (Å²) < 4.78 is 5.66. The van der Waals surface area contributed by atoms with Crippen molar-refractivity contribution < 1.29 is 19.1 Å². The number of hydrogen-bond donors (Lipinski definition) is 3. The highest BCUT2D eigenvalue weighted by molar-refractivity contribution is 5.93. The summed E-state index contributed by atoms with van der Waals surface area (Å²) >= 11 is 0. The van der Waals surface area contributed by atoms with Crippen LogP contribution in [0.1, 0.15) is 54.4 Å². The first kappa shape index (κ1) is 26.5. The van der Waals surface area contributed by atoms with Crippen LogP contribution in [0.2, 0.25) is 0 Å². The van der Waals surface area contributed by atoms with E-state index in [2.05, 4.69) is 16.0 Å². The smallest absolute Gasteiger partial charge is 0.246 e. The van der Waals surface area contributed by atoms with Gasteiger partial charge in [0.1, 0.15) is 11.8 Å². The van der Waals surface area contributed by atoms with Gasteiger partial charge in [-0.2, -0.15) is 0 Å². The van der Waals surface area contributed by atoms with Crippen LogP contribution in [0.15, 0.2) is 0 Å². The average Bonchev–Trinajstić information content (AvgIpc) is 2.65. The lowest BCUT2D eigenvalue weighted by atomic mass is 9.65. The van der Waals surface area contributed by atoms with Crippen molar-refractivity contribution in [2.45, 2.75) is 72.1 Å². The van der Waals surface area contributed by atoms with Gasteiger partial charge in [-0.15, -0.1) is 0 Å². The molecule has 0 bridgehead atoms. The summed E-state index contributed by atoms with van der Waals surface area (Å²) in [6.45, 7) is 11.8. The van der Waals surface area contributed by atoms with Crippen molar-refractivity contribution in [3.63, 3.8) is 0 Å². The molecule has 0 heterocycles. The molecular formula is C21H41N3O4. The predicted octanol–water partition coefficient (Wildman–Crippen LogP) is 1.75. The van der Waals surface area contributed by atoms with E-state index in [1.807, 2.05) is 41.5 Å². The fraction of sp³-hybridized carbons (Fsp3) is 0.857. The zero-order chi connectivity index (χ0) is 22.1. The first-order chi connectivity index (χ1) is 13.1. The maximum atomic E-state index is 13.3. The summed E-state index contributed by atoms with van der Waals surface area (Å²) in [5.74, 6) is -1.01. The van der Waals surface area contributed by atoms with Crippen LogP contribution < -0.4 is 16.0 Å². The quantitative estimate of drug-likeness (QED) is 0.410. The standard InChI is InChI=1S/C21H41N3O4/c1-10-15(6)17(16(28-9)11-12-25)21(14(4)5,20(27)23-8)24-19(26)18(22-7)13(2)3/h12-18,22H,10-11H2,1-9H3,(H,23,27)(H,24,26)/t15?,16?,17?,18-,21?/m0/s1. The molecule has 3 N–H and O–H groups in total. The molecule has 0 aliphatic carbocycles.